The summed E-state index contributed by atoms with van der Waals surface area (Å²) in [4.78, 5) is 78.5. The van der Waals surface area contributed by atoms with Gasteiger partial charge in [-0.25, -0.2) is 22.8 Å². The van der Waals surface area contributed by atoms with Crippen LogP contribution in [-0.4, -0.2) is 106 Å². The van der Waals surface area contributed by atoms with Crippen LogP contribution in [0.15, 0.2) is 24.3 Å². The lowest BCUT2D eigenvalue weighted by atomic mass is 9.95. The Morgan fingerprint density at radius 1 is 1.02 bits per heavy atom. The number of nitrogens with one attached hydrogen (secondary N) is 2. The molecule has 1 aromatic carbocycles. The molecule has 0 saturated carbocycles. The fourth-order valence-corrected chi connectivity index (χ4v) is 10.0. The van der Waals surface area contributed by atoms with E-state index in [1.165, 1.54) is 54.8 Å². The summed E-state index contributed by atoms with van der Waals surface area (Å²) in [5, 5.41) is 3.58. The van der Waals surface area contributed by atoms with Crippen LogP contribution in [0.4, 0.5) is 4.79 Å². The third-order valence-electron chi connectivity index (χ3n) is 9.10. The molecule has 4 aliphatic heterocycles. The Balaban J connectivity index is 1.14. The quantitative estimate of drug-likeness (QED) is 0.122. The summed E-state index contributed by atoms with van der Waals surface area (Å²) in [6.07, 6.45) is 0.934. The van der Waals surface area contributed by atoms with Crippen molar-refractivity contribution in [1.29, 1.82) is 0 Å². The maximum atomic E-state index is 13.2. The van der Waals surface area contributed by atoms with E-state index in [1.807, 2.05) is 6.92 Å². The number of hydrogen-bond acceptors (Lipinski definition) is 13. The molecule has 1 unspecified atom stereocenters. The van der Waals surface area contributed by atoms with Crippen LogP contribution in [-0.2, 0) is 43.3 Å². The zero-order valence-corrected chi connectivity index (χ0v) is 28.7. The van der Waals surface area contributed by atoms with Crippen LogP contribution in [0.3, 0.4) is 0 Å². The van der Waals surface area contributed by atoms with Gasteiger partial charge < -0.3 is 40.4 Å². The number of carbonyl (C=O) groups excluding carboxylic acids is 6. The van der Waals surface area contributed by atoms with Gasteiger partial charge in [0.15, 0.2) is 9.84 Å². The number of esters is 2. The topological polar surface area (TPSA) is 221 Å². The molecular formula is C30H39N5O11S2. The average molecular weight is 710 g/mol. The predicted molar refractivity (Wildman–Crippen MR) is 169 cm³/mol. The molecule has 0 radical (unpaired) electrons. The number of rotatable bonds is 11. The summed E-state index contributed by atoms with van der Waals surface area (Å²) in [7, 11) is -3.83. The molecule has 0 bridgehead atoms. The molecule has 5 rings (SSSR count). The Labute approximate surface area is 281 Å². The second-order valence-electron chi connectivity index (χ2n) is 13.0. The minimum atomic E-state index is -3.83. The molecular weight excluding hydrogens is 670 g/mol. The Morgan fingerprint density at radius 3 is 2.25 bits per heavy atom. The summed E-state index contributed by atoms with van der Waals surface area (Å²) in [5.74, 6) is -3.29. The van der Waals surface area contributed by atoms with Gasteiger partial charge in [0, 0.05) is 11.3 Å². The first kappa shape index (κ1) is 35.4. The molecule has 48 heavy (non-hydrogen) atoms. The number of nitrogens with zero attached hydrogens (tertiary/aromatic N) is 2. The van der Waals surface area contributed by atoms with Crippen molar-refractivity contribution in [2.45, 2.75) is 98.3 Å². The van der Waals surface area contributed by atoms with Crippen LogP contribution >= 0.6 is 11.8 Å². The molecule has 4 aliphatic rings. The lowest BCUT2D eigenvalue weighted by Gasteiger charge is -2.44. The maximum Gasteiger partial charge on any atom is 0.412 e. The fraction of sp³-hybridized carbons (Fsp3) is 0.600. The molecule has 1 aromatic rings. The largest absolute Gasteiger partial charge is 0.426 e. The first-order valence-corrected chi connectivity index (χ1v) is 17.9. The van der Waals surface area contributed by atoms with Crippen molar-refractivity contribution in [1.82, 2.24) is 20.4 Å². The monoisotopic (exact) mass is 709 g/mol. The number of benzene rings is 1. The maximum absolute atomic E-state index is 13.2. The Kier molecular flexibility index (Phi) is 9.48. The van der Waals surface area contributed by atoms with Crippen molar-refractivity contribution in [2.75, 3.05) is 13.3 Å². The molecule has 4 saturated heterocycles. The highest BCUT2D eigenvalue weighted by Gasteiger charge is 2.68. The Morgan fingerprint density at radius 2 is 1.65 bits per heavy atom. The number of amides is 4. The van der Waals surface area contributed by atoms with Crippen LogP contribution in [0, 0.1) is 0 Å². The zero-order chi connectivity index (χ0) is 35.3. The highest BCUT2D eigenvalue weighted by atomic mass is 32.2. The van der Waals surface area contributed by atoms with Crippen LogP contribution < -0.4 is 21.1 Å². The third-order valence-corrected chi connectivity index (χ3v) is 13.5. The molecule has 4 fully saturated rings. The standard InChI is InChI=1S/C30H39N5O11S2/c1-6-7-12-32-28(41)46-16-10-8-15(9-11-16)19(31)23(37)33-20-24(38)35-21(29(2,3)47-25(20)35)26(39)44-14-45-27(40)22-30(4,5)48(42,43)18-13-17(36)34(18)22/h8-11,18-22,25H,6-7,12-14,31H2,1-5H3,(H,32,41)(H,33,37)/t18-,19?,20-,21+,22+,25-/m1/s1. The normalized spacial score (nSPS) is 27.8. The highest BCUT2D eigenvalue weighted by Crippen LogP contribution is 2.51. The van der Waals surface area contributed by atoms with Gasteiger partial charge in [-0.15, -0.1) is 11.8 Å². The van der Waals surface area contributed by atoms with Gasteiger partial charge in [0.1, 0.15) is 40.7 Å². The molecule has 4 N–H and O–H groups in total. The molecule has 4 amide bonds. The molecule has 0 aliphatic carbocycles. The number of sulfone groups is 1. The SMILES string of the molecule is CCCCNC(=O)Oc1ccc(C(N)C(=O)N[C@@H]2C(=O)N3[C@@H]2SC(C)(C)[C@@H]3C(=O)OCOC(=O)[C@@H]2N3C(=O)C[C@H]3S(=O)(=O)C2(C)C)cc1. The van der Waals surface area contributed by atoms with Crippen LogP contribution in [0.25, 0.3) is 0 Å². The highest BCUT2D eigenvalue weighted by molar-refractivity contribution is 8.01. The van der Waals surface area contributed by atoms with E-state index < -0.39 is 96.8 Å². The van der Waals surface area contributed by atoms with E-state index in [1.54, 1.807) is 13.8 Å². The van der Waals surface area contributed by atoms with Crippen molar-refractivity contribution in [3.63, 3.8) is 0 Å². The van der Waals surface area contributed by atoms with Gasteiger partial charge in [-0.1, -0.05) is 25.5 Å². The van der Waals surface area contributed by atoms with Gasteiger partial charge in [-0.3, -0.25) is 14.4 Å². The number of hydrogen-bond donors (Lipinski definition) is 3. The van der Waals surface area contributed by atoms with E-state index >= 15 is 0 Å². The summed E-state index contributed by atoms with van der Waals surface area (Å²) in [5.41, 5.74) is 6.57. The zero-order valence-electron chi connectivity index (χ0n) is 27.1. The number of β-lactam (4-membered cyclic amide) rings is 2. The van der Waals surface area contributed by atoms with E-state index in [4.69, 9.17) is 19.9 Å². The molecule has 18 heteroatoms. The van der Waals surface area contributed by atoms with Crippen molar-refractivity contribution in [2.24, 2.45) is 5.73 Å². The average Bonchev–Trinajstić information content (AvgIpc) is 3.34. The summed E-state index contributed by atoms with van der Waals surface area (Å²) in [6, 6.07) is 1.48. The number of ether oxygens (including phenoxy) is 3. The molecule has 262 valence electrons. The smallest absolute Gasteiger partial charge is 0.412 e. The van der Waals surface area contributed by atoms with Crippen LogP contribution in [0.5, 0.6) is 5.75 Å². The van der Waals surface area contributed by atoms with Crippen molar-refractivity contribution in [3.05, 3.63) is 29.8 Å². The van der Waals surface area contributed by atoms with Crippen molar-refractivity contribution < 1.29 is 51.4 Å². The van der Waals surface area contributed by atoms with E-state index in [0.29, 0.717) is 12.1 Å². The lowest BCUT2D eigenvalue weighted by Crippen LogP contribution is -2.71. The minimum Gasteiger partial charge on any atom is -0.426 e. The Hall–Kier alpha value is -3.90. The molecule has 6 atom stereocenters. The molecule has 4 heterocycles. The number of nitrogens with two attached hydrogens (primary N) is 1. The number of unbranched alkanes of at least 4 members (excludes halogenated alkanes) is 1. The molecule has 16 nitrogen and oxygen atoms in total. The molecule has 0 aromatic heterocycles. The fourth-order valence-electron chi connectivity index (χ4n) is 6.29. The number of fused-ring (bicyclic) bond motifs is 2. The Bertz CT molecular complexity index is 1630. The first-order chi connectivity index (χ1) is 22.4. The number of carbonyl (C=O) groups is 6. The van der Waals surface area contributed by atoms with Crippen molar-refractivity contribution >= 4 is 57.4 Å². The van der Waals surface area contributed by atoms with E-state index in [9.17, 15) is 37.2 Å². The third kappa shape index (κ3) is 5.97. The van der Waals surface area contributed by atoms with Gasteiger partial charge in [0.2, 0.25) is 24.5 Å². The summed E-state index contributed by atoms with van der Waals surface area (Å²) in [6.45, 7) is 7.75. The van der Waals surface area contributed by atoms with Crippen LogP contribution in [0.2, 0.25) is 0 Å². The summed E-state index contributed by atoms with van der Waals surface area (Å²) < 4.78 is 38.6. The van der Waals surface area contributed by atoms with Crippen molar-refractivity contribution in [3.8, 4) is 5.75 Å². The van der Waals surface area contributed by atoms with Gasteiger partial charge in [-0.2, -0.15) is 0 Å². The van der Waals surface area contributed by atoms with Gasteiger partial charge >= 0.3 is 18.0 Å². The second-order valence-corrected chi connectivity index (χ2v) is 17.5. The number of thioether (sulfide) groups is 1. The summed E-state index contributed by atoms with van der Waals surface area (Å²) >= 11 is 1.27. The van der Waals surface area contributed by atoms with Gasteiger partial charge in [0.25, 0.3) is 0 Å². The van der Waals surface area contributed by atoms with E-state index in [2.05, 4.69) is 10.6 Å². The molecule has 0 spiro atoms. The first-order valence-electron chi connectivity index (χ1n) is 15.4. The van der Waals surface area contributed by atoms with E-state index in [-0.39, 0.29) is 12.2 Å². The lowest BCUT2D eigenvalue weighted by molar-refractivity contribution is -0.181. The van der Waals surface area contributed by atoms with Crippen LogP contribution in [0.1, 0.15) is 65.5 Å². The van der Waals surface area contributed by atoms with E-state index in [0.717, 1.165) is 17.7 Å². The predicted octanol–water partition coefficient (Wildman–Crippen LogP) is 0.300. The van der Waals surface area contributed by atoms with Gasteiger partial charge in [-0.05, 0) is 51.8 Å². The minimum absolute atomic E-state index is 0.208. The van der Waals surface area contributed by atoms with Gasteiger partial charge in [0.05, 0.1) is 11.2 Å². The second kappa shape index (κ2) is 12.9.